The van der Waals surface area contributed by atoms with Gasteiger partial charge in [-0.1, -0.05) is 6.92 Å². The molecular weight excluding hydrogens is 285 g/mol. The Morgan fingerprint density at radius 1 is 1.19 bits per heavy atom. The number of hydrogen-bond acceptors (Lipinski definition) is 5. The fourth-order valence-corrected chi connectivity index (χ4v) is 1.57. The van der Waals surface area contributed by atoms with Gasteiger partial charge in [0.05, 0.1) is 6.61 Å². The van der Waals surface area contributed by atoms with Crippen LogP contribution in [0, 0.1) is 17.5 Å². The zero-order chi connectivity index (χ0) is 15.4. The number of benzene rings is 1. The van der Waals surface area contributed by atoms with E-state index in [9.17, 15) is 13.2 Å². The summed E-state index contributed by atoms with van der Waals surface area (Å²) < 4.78 is 45.3. The largest absolute Gasteiger partial charge is 0.476 e. The van der Waals surface area contributed by atoms with Crippen LogP contribution in [-0.2, 0) is 0 Å². The van der Waals surface area contributed by atoms with Gasteiger partial charge in [0.2, 0.25) is 5.88 Å². The Hall–Kier alpha value is -2.51. The standard InChI is InChI=1S/C13H13F3N4O/c1-2-3-21-13-10(17)12(18-6-19-13)20-11-8(15)4-7(14)5-9(11)16/h4-6H,2-3,17H2,1H3,(H,18,19,20). The van der Waals surface area contributed by atoms with E-state index < -0.39 is 23.1 Å². The minimum atomic E-state index is -1.10. The molecular formula is C13H13F3N4O. The van der Waals surface area contributed by atoms with Crippen LogP contribution in [0.15, 0.2) is 18.5 Å². The monoisotopic (exact) mass is 298 g/mol. The van der Waals surface area contributed by atoms with Crippen LogP contribution in [0.2, 0.25) is 0 Å². The lowest BCUT2D eigenvalue weighted by atomic mass is 10.2. The molecule has 0 aliphatic carbocycles. The molecule has 2 rings (SSSR count). The average molecular weight is 298 g/mol. The molecule has 5 nitrogen and oxygen atoms in total. The first kappa shape index (κ1) is 14.9. The number of nitrogen functional groups attached to an aromatic ring is 1. The highest BCUT2D eigenvalue weighted by atomic mass is 19.1. The third-order valence-electron chi connectivity index (χ3n) is 2.54. The third kappa shape index (κ3) is 3.33. The first-order chi connectivity index (χ1) is 10.0. The summed E-state index contributed by atoms with van der Waals surface area (Å²) in [4.78, 5) is 7.62. The zero-order valence-electron chi connectivity index (χ0n) is 11.2. The lowest BCUT2D eigenvalue weighted by Gasteiger charge is -2.12. The predicted octanol–water partition coefficient (Wildman–Crippen LogP) is 3.01. The highest BCUT2D eigenvalue weighted by Gasteiger charge is 2.15. The summed E-state index contributed by atoms with van der Waals surface area (Å²) in [7, 11) is 0. The van der Waals surface area contributed by atoms with E-state index >= 15 is 0 Å². The highest BCUT2D eigenvalue weighted by molar-refractivity contribution is 5.72. The van der Waals surface area contributed by atoms with Gasteiger partial charge >= 0.3 is 0 Å². The Morgan fingerprint density at radius 2 is 1.86 bits per heavy atom. The number of nitrogens with one attached hydrogen (secondary N) is 1. The second kappa shape index (κ2) is 6.29. The van der Waals surface area contributed by atoms with Crippen LogP contribution in [0.5, 0.6) is 5.88 Å². The smallest absolute Gasteiger partial charge is 0.242 e. The van der Waals surface area contributed by atoms with Crippen molar-refractivity contribution < 1.29 is 17.9 Å². The van der Waals surface area contributed by atoms with Crippen molar-refractivity contribution in [2.24, 2.45) is 0 Å². The molecule has 112 valence electrons. The van der Waals surface area contributed by atoms with E-state index in [2.05, 4.69) is 15.3 Å². The third-order valence-corrected chi connectivity index (χ3v) is 2.54. The van der Waals surface area contributed by atoms with Gasteiger partial charge in [-0.15, -0.1) is 0 Å². The molecule has 0 radical (unpaired) electrons. The summed E-state index contributed by atoms with van der Waals surface area (Å²) in [5, 5.41) is 2.38. The molecule has 0 atom stereocenters. The zero-order valence-corrected chi connectivity index (χ0v) is 11.2. The van der Waals surface area contributed by atoms with Gasteiger partial charge in [-0.2, -0.15) is 4.98 Å². The Morgan fingerprint density at radius 3 is 2.48 bits per heavy atom. The van der Waals surface area contributed by atoms with E-state index in [1.165, 1.54) is 0 Å². The second-order valence-electron chi connectivity index (χ2n) is 4.16. The van der Waals surface area contributed by atoms with Gasteiger partial charge in [0.1, 0.15) is 23.5 Å². The molecule has 1 aromatic heterocycles. The number of halogens is 3. The topological polar surface area (TPSA) is 73.1 Å². The maximum absolute atomic E-state index is 13.6. The molecule has 1 aromatic carbocycles. The molecule has 0 bridgehead atoms. The summed E-state index contributed by atoms with van der Waals surface area (Å²) in [6.45, 7) is 2.29. The minimum absolute atomic E-state index is 0.00840. The van der Waals surface area contributed by atoms with Crippen molar-refractivity contribution in [3.63, 3.8) is 0 Å². The second-order valence-corrected chi connectivity index (χ2v) is 4.16. The lowest BCUT2D eigenvalue weighted by molar-refractivity contribution is 0.307. The summed E-state index contributed by atoms with van der Waals surface area (Å²) >= 11 is 0. The fourth-order valence-electron chi connectivity index (χ4n) is 1.57. The van der Waals surface area contributed by atoms with Gasteiger partial charge in [0.15, 0.2) is 17.5 Å². The number of ether oxygens (including phenoxy) is 1. The maximum atomic E-state index is 13.6. The minimum Gasteiger partial charge on any atom is -0.476 e. The van der Waals surface area contributed by atoms with E-state index in [1.54, 1.807) is 0 Å². The summed E-state index contributed by atoms with van der Waals surface area (Å²) in [5.74, 6) is -3.13. The van der Waals surface area contributed by atoms with Crippen molar-refractivity contribution in [2.45, 2.75) is 13.3 Å². The Labute approximate surface area is 119 Å². The SMILES string of the molecule is CCCOc1ncnc(Nc2c(F)cc(F)cc2F)c1N. The van der Waals surface area contributed by atoms with Crippen LogP contribution in [-0.4, -0.2) is 16.6 Å². The van der Waals surface area contributed by atoms with E-state index in [1.807, 2.05) is 6.92 Å². The van der Waals surface area contributed by atoms with Crippen molar-refractivity contribution in [1.82, 2.24) is 9.97 Å². The first-order valence-corrected chi connectivity index (χ1v) is 6.17. The van der Waals surface area contributed by atoms with Crippen LogP contribution in [0.4, 0.5) is 30.4 Å². The van der Waals surface area contributed by atoms with Gasteiger partial charge in [-0.25, -0.2) is 18.2 Å². The van der Waals surface area contributed by atoms with Crippen LogP contribution in [0.1, 0.15) is 13.3 Å². The molecule has 0 amide bonds. The molecule has 0 aliphatic rings. The predicted molar refractivity (Wildman–Crippen MR) is 71.8 cm³/mol. The van der Waals surface area contributed by atoms with Gasteiger partial charge in [0.25, 0.3) is 0 Å². The van der Waals surface area contributed by atoms with E-state index in [0.29, 0.717) is 18.7 Å². The van der Waals surface area contributed by atoms with Crippen LogP contribution in [0.3, 0.4) is 0 Å². The molecule has 0 spiro atoms. The van der Waals surface area contributed by atoms with Gasteiger partial charge in [-0.3, -0.25) is 0 Å². The molecule has 0 unspecified atom stereocenters. The van der Waals surface area contributed by atoms with Gasteiger partial charge in [-0.05, 0) is 6.42 Å². The highest BCUT2D eigenvalue weighted by Crippen LogP contribution is 2.30. The Bertz CT molecular complexity index is 628. The Kier molecular flexibility index (Phi) is 4.46. The average Bonchev–Trinajstić information content (AvgIpc) is 2.43. The molecule has 0 aliphatic heterocycles. The molecule has 8 heteroatoms. The molecule has 0 saturated carbocycles. The molecule has 2 aromatic rings. The number of nitrogens with two attached hydrogens (primary N) is 1. The van der Waals surface area contributed by atoms with Gasteiger partial charge in [0, 0.05) is 12.1 Å². The van der Waals surface area contributed by atoms with E-state index in [4.69, 9.17) is 10.5 Å². The number of rotatable bonds is 5. The van der Waals surface area contributed by atoms with Crippen LogP contribution < -0.4 is 15.8 Å². The Balaban J connectivity index is 2.32. The molecule has 3 N–H and O–H groups in total. The quantitative estimate of drug-likeness (QED) is 0.887. The van der Waals surface area contributed by atoms with Gasteiger partial charge < -0.3 is 15.8 Å². The normalized spacial score (nSPS) is 10.5. The number of nitrogens with zero attached hydrogens (tertiary/aromatic N) is 2. The van der Waals surface area contributed by atoms with Crippen molar-refractivity contribution in [3.8, 4) is 5.88 Å². The number of anilines is 3. The van der Waals surface area contributed by atoms with Crippen molar-refractivity contribution in [1.29, 1.82) is 0 Å². The van der Waals surface area contributed by atoms with E-state index in [-0.39, 0.29) is 17.4 Å². The number of hydrogen-bond donors (Lipinski definition) is 2. The van der Waals surface area contributed by atoms with Crippen molar-refractivity contribution in [2.75, 3.05) is 17.7 Å². The van der Waals surface area contributed by atoms with Crippen molar-refractivity contribution >= 4 is 17.2 Å². The summed E-state index contributed by atoms with van der Waals surface area (Å²) in [6, 6.07) is 1.11. The van der Waals surface area contributed by atoms with Crippen molar-refractivity contribution in [3.05, 3.63) is 35.9 Å². The molecule has 21 heavy (non-hydrogen) atoms. The number of aromatic nitrogens is 2. The van der Waals surface area contributed by atoms with E-state index in [0.717, 1.165) is 12.7 Å². The first-order valence-electron chi connectivity index (χ1n) is 6.17. The fraction of sp³-hybridized carbons (Fsp3) is 0.231. The summed E-state index contributed by atoms with van der Waals surface area (Å²) in [6.07, 6.45) is 1.89. The lowest BCUT2D eigenvalue weighted by Crippen LogP contribution is -2.07. The molecule has 0 saturated heterocycles. The molecule has 1 heterocycles. The maximum Gasteiger partial charge on any atom is 0.242 e. The molecule has 0 fully saturated rings. The summed E-state index contributed by atoms with van der Waals surface area (Å²) in [5.41, 5.74) is 5.23. The van der Waals surface area contributed by atoms with Crippen LogP contribution in [0.25, 0.3) is 0 Å². The van der Waals surface area contributed by atoms with Crippen LogP contribution >= 0.6 is 0 Å².